The van der Waals surface area contributed by atoms with Gasteiger partial charge in [0.15, 0.2) is 0 Å². The van der Waals surface area contributed by atoms with Crippen molar-refractivity contribution in [2.24, 2.45) is 5.73 Å². The van der Waals surface area contributed by atoms with E-state index in [4.69, 9.17) is 10.5 Å². The maximum absolute atomic E-state index is 13.0. The maximum Gasteiger partial charge on any atom is 0.249 e. The third kappa shape index (κ3) is 7.54. The van der Waals surface area contributed by atoms with Crippen molar-refractivity contribution in [3.05, 3.63) is 30.1 Å². The zero-order chi connectivity index (χ0) is 17.6. The van der Waals surface area contributed by atoms with Crippen molar-refractivity contribution in [3.63, 3.8) is 0 Å². The zero-order valence-corrected chi connectivity index (χ0v) is 18.2. The number of piperazine rings is 1. The van der Waals surface area contributed by atoms with Gasteiger partial charge in [0, 0.05) is 51.5 Å². The Bertz CT molecular complexity index is 574. The highest BCUT2D eigenvalue weighted by Crippen LogP contribution is 2.19. The number of nitrogens with zero attached hydrogens (tertiary/aromatic N) is 2. The SMILES string of the molecule is Cl.Cl.Cl.NC[C@H]1CC[C@@H](C(=O)NCCN2CCN(c3ccc(F)cc3)CC2)O1. The number of amides is 1. The van der Waals surface area contributed by atoms with E-state index in [1.807, 2.05) is 12.1 Å². The Hall–Kier alpha value is -0.830. The van der Waals surface area contributed by atoms with Crippen molar-refractivity contribution < 1.29 is 13.9 Å². The standard InChI is InChI=1S/C18H27FN4O2.3ClH/c19-14-1-3-15(4-2-14)23-11-9-22(10-12-23)8-7-21-18(24)17-6-5-16(13-20)25-17;;;/h1-4,16-17H,5-13,20H2,(H,21,24);3*1H/t16-,17+;;;/m1.../s1. The molecule has 2 aliphatic heterocycles. The molecule has 0 bridgehead atoms. The first-order valence-electron chi connectivity index (χ1n) is 9.02. The summed E-state index contributed by atoms with van der Waals surface area (Å²) in [6.45, 7) is 5.61. The quantitative estimate of drug-likeness (QED) is 0.679. The predicted molar refractivity (Wildman–Crippen MR) is 117 cm³/mol. The Morgan fingerprint density at radius 2 is 1.75 bits per heavy atom. The summed E-state index contributed by atoms with van der Waals surface area (Å²) in [5.74, 6) is -0.233. The number of carbonyl (C=O) groups is 1. The molecule has 0 aromatic heterocycles. The molecule has 1 aromatic carbocycles. The van der Waals surface area contributed by atoms with Crippen molar-refractivity contribution in [1.29, 1.82) is 0 Å². The number of benzene rings is 1. The summed E-state index contributed by atoms with van der Waals surface area (Å²) in [6.07, 6.45) is 1.29. The van der Waals surface area contributed by atoms with Crippen LogP contribution >= 0.6 is 37.2 Å². The minimum absolute atomic E-state index is 0. The summed E-state index contributed by atoms with van der Waals surface area (Å²) >= 11 is 0. The van der Waals surface area contributed by atoms with Gasteiger partial charge in [-0.3, -0.25) is 9.69 Å². The molecule has 1 aromatic rings. The molecule has 10 heteroatoms. The Morgan fingerprint density at radius 3 is 2.32 bits per heavy atom. The van der Waals surface area contributed by atoms with Crippen LogP contribution in [0.5, 0.6) is 0 Å². The highest BCUT2D eigenvalue weighted by atomic mass is 35.5. The number of anilines is 1. The van der Waals surface area contributed by atoms with Crippen LogP contribution in [0.4, 0.5) is 10.1 Å². The van der Waals surface area contributed by atoms with Crippen molar-refractivity contribution in [2.75, 3.05) is 50.7 Å². The fraction of sp³-hybridized carbons (Fsp3) is 0.611. The summed E-state index contributed by atoms with van der Waals surface area (Å²) in [4.78, 5) is 16.7. The molecule has 162 valence electrons. The Morgan fingerprint density at radius 1 is 1.11 bits per heavy atom. The highest BCUT2D eigenvalue weighted by molar-refractivity contribution is 5.86. The second kappa shape index (κ2) is 13.4. The lowest BCUT2D eigenvalue weighted by Gasteiger charge is -2.36. The molecule has 2 heterocycles. The van der Waals surface area contributed by atoms with Crippen LogP contribution in [0, 0.1) is 5.82 Å². The molecule has 1 amide bonds. The largest absolute Gasteiger partial charge is 0.369 e. The fourth-order valence-corrected chi connectivity index (χ4v) is 3.40. The number of halogens is 4. The molecule has 2 aliphatic rings. The molecular weight excluding hydrogens is 430 g/mol. The fourth-order valence-electron chi connectivity index (χ4n) is 3.40. The summed E-state index contributed by atoms with van der Waals surface area (Å²) in [5.41, 5.74) is 6.63. The third-order valence-electron chi connectivity index (χ3n) is 4.95. The topological polar surface area (TPSA) is 70.8 Å². The molecule has 2 saturated heterocycles. The van der Waals surface area contributed by atoms with Crippen molar-refractivity contribution in [3.8, 4) is 0 Å². The molecule has 0 unspecified atom stereocenters. The average molecular weight is 460 g/mol. The van der Waals surface area contributed by atoms with E-state index in [1.165, 1.54) is 12.1 Å². The van der Waals surface area contributed by atoms with E-state index in [9.17, 15) is 9.18 Å². The first-order chi connectivity index (χ1) is 12.2. The van der Waals surface area contributed by atoms with E-state index < -0.39 is 0 Å². The van der Waals surface area contributed by atoms with Gasteiger partial charge in [-0.1, -0.05) is 0 Å². The lowest BCUT2D eigenvalue weighted by Crippen LogP contribution is -2.49. The van der Waals surface area contributed by atoms with Gasteiger partial charge in [-0.05, 0) is 37.1 Å². The molecule has 0 aliphatic carbocycles. The van der Waals surface area contributed by atoms with Crippen LogP contribution in [0.3, 0.4) is 0 Å². The summed E-state index contributed by atoms with van der Waals surface area (Å²) in [7, 11) is 0. The van der Waals surface area contributed by atoms with Crippen LogP contribution in [0.25, 0.3) is 0 Å². The first-order valence-corrected chi connectivity index (χ1v) is 9.02. The molecule has 0 saturated carbocycles. The normalized spacial score (nSPS) is 21.9. The van der Waals surface area contributed by atoms with Gasteiger partial charge < -0.3 is 20.7 Å². The molecule has 2 fully saturated rings. The van der Waals surface area contributed by atoms with Crippen LogP contribution in [-0.4, -0.2) is 68.8 Å². The van der Waals surface area contributed by atoms with Crippen LogP contribution in [0.1, 0.15) is 12.8 Å². The second-order valence-electron chi connectivity index (χ2n) is 6.66. The van der Waals surface area contributed by atoms with E-state index in [1.54, 1.807) is 0 Å². The lowest BCUT2D eigenvalue weighted by molar-refractivity contribution is -0.131. The summed E-state index contributed by atoms with van der Waals surface area (Å²) < 4.78 is 18.6. The molecule has 3 rings (SSSR count). The molecule has 0 radical (unpaired) electrons. The Labute approximate surface area is 184 Å². The smallest absolute Gasteiger partial charge is 0.249 e. The van der Waals surface area contributed by atoms with Crippen molar-refractivity contribution in [1.82, 2.24) is 10.2 Å². The minimum Gasteiger partial charge on any atom is -0.369 e. The summed E-state index contributed by atoms with van der Waals surface area (Å²) in [5, 5.41) is 2.96. The zero-order valence-electron chi connectivity index (χ0n) is 15.7. The maximum atomic E-state index is 13.0. The molecule has 3 N–H and O–H groups in total. The number of hydrogen-bond donors (Lipinski definition) is 2. The van der Waals surface area contributed by atoms with Crippen LogP contribution in [0.2, 0.25) is 0 Å². The number of carbonyl (C=O) groups excluding carboxylic acids is 1. The van der Waals surface area contributed by atoms with E-state index in [0.717, 1.165) is 51.3 Å². The van der Waals surface area contributed by atoms with Gasteiger partial charge in [0.1, 0.15) is 11.9 Å². The van der Waals surface area contributed by atoms with Crippen LogP contribution in [0.15, 0.2) is 24.3 Å². The number of ether oxygens (including phenoxy) is 1. The van der Waals surface area contributed by atoms with Crippen molar-refractivity contribution >= 4 is 48.8 Å². The van der Waals surface area contributed by atoms with Gasteiger partial charge in [-0.25, -0.2) is 4.39 Å². The Balaban J connectivity index is 0.00000243. The lowest BCUT2D eigenvalue weighted by atomic mass is 10.2. The molecule has 2 atom stereocenters. The number of rotatable bonds is 6. The number of nitrogens with two attached hydrogens (primary N) is 1. The van der Waals surface area contributed by atoms with E-state index >= 15 is 0 Å². The van der Waals surface area contributed by atoms with Crippen molar-refractivity contribution in [2.45, 2.75) is 25.0 Å². The molecule has 6 nitrogen and oxygen atoms in total. The van der Waals surface area contributed by atoms with Gasteiger partial charge in [-0.15, -0.1) is 37.2 Å². The number of hydrogen-bond acceptors (Lipinski definition) is 5. The predicted octanol–water partition coefficient (Wildman–Crippen LogP) is 1.84. The first kappa shape index (κ1) is 27.2. The summed E-state index contributed by atoms with van der Waals surface area (Å²) in [6, 6.07) is 6.64. The van der Waals surface area contributed by atoms with Crippen LogP contribution in [-0.2, 0) is 9.53 Å². The number of nitrogens with one attached hydrogen (secondary N) is 1. The van der Waals surface area contributed by atoms with E-state index in [0.29, 0.717) is 13.1 Å². The van der Waals surface area contributed by atoms with E-state index in [2.05, 4.69) is 15.1 Å². The average Bonchev–Trinajstić information content (AvgIpc) is 3.12. The third-order valence-corrected chi connectivity index (χ3v) is 4.95. The monoisotopic (exact) mass is 458 g/mol. The second-order valence-corrected chi connectivity index (χ2v) is 6.66. The van der Waals surface area contributed by atoms with Crippen LogP contribution < -0.4 is 16.0 Å². The minimum atomic E-state index is -0.344. The molecular formula is C18H30Cl3FN4O2. The molecule has 0 spiro atoms. The van der Waals surface area contributed by atoms with Gasteiger partial charge >= 0.3 is 0 Å². The van der Waals surface area contributed by atoms with Gasteiger partial charge in [0.2, 0.25) is 5.91 Å². The van der Waals surface area contributed by atoms with E-state index in [-0.39, 0.29) is 61.2 Å². The Kier molecular flexibility index (Phi) is 13.0. The van der Waals surface area contributed by atoms with Gasteiger partial charge in [-0.2, -0.15) is 0 Å². The van der Waals surface area contributed by atoms with Gasteiger partial charge in [0.05, 0.1) is 6.10 Å². The highest BCUT2D eigenvalue weighted by Gasteiger charge is 2.29. The molecule has 28 heavy (non-hydrogen) atoms. The van der Waals surface area contributed by atoms with Gasteiger partial charge in [0.25, 0.3) is 0 Å².